The van der Waals surface area contributed by atoms with Crippen molar-refractivity contribution in [1.82, 2.24) is 10.2 Å². The summed E-state index contributed by atoms with van der Waals surface area (Å²) in [6.07, 6.45) is 2.52. The van der Waals surface area contributed by atoms with E-state index in [0.717, 1.165) is 41.6 Å². The Labute approximate surface area is 204 Å². The van der Waals surface area contributed by atoms with Gasteiger partial charge in [0.2, 0.25) is 11.8 Å². The molecule has 0 aromatic heterocycles. The highest BCUT2D eigenvalue weighted by atomic mass is 16.5. The number of nitrogens with one attached hydrogen (secondary N) is 2. The fourth-order valence-corrected chi connectivity index (χ4v) is 4.59. The van der Waals surface area contributed by atoms with Crippen LogP contribution in [0.1, 0.15) is 55.8 Å². The van der Waals surface area contributed by atoms with Gasteiger partial charge in [-0.15, -0.1) is 0 Å². The second-order valence-corrected chi connectivity index (χ2v) is 9.55. The van der Waals surface area contributed by atoms with Crippen LogP contribution in [0, 0.1) is 19.8 Å². The number of nitrogens with zero attached hydrogens (tertiary/aromatic N) is 1. The third-order valence-electron chi connectivity index (χ3n) is 6.19. The van der Waals surface area contributed by atoms with E-state index in [1.807, 2.05) is 70.2 Å². The smallest absolute Gasteiger partial charge is 0.246 e. The Kier molecular flexibility index (Phi) is 9.66. The van der Waals surface area contributed by atoms with Crippen LogP contribution in [0.4, 0.5) is 5.69 Å². The summed E-state index contributed by atoms with van der Waals surface area (Å²) in [6.45, 7) is 10.8. The Morgan fingerprint density at radius 1 is 1.03 bits per heavy atom. The average Bonchev–Trinajstić information content (AvgIpc) is 2.79. The fraction of sp³-hybridized carbons (Fsp3) is 0.500. The third-order valence-corrected chi connectivity index (χ3v) is 6.19. The van der Waals surface area contributed by atoms with Crippen LogP contribution in [0.15, 0.2) is 48.5 Å². The van der Waals surface area contributed by atoms with Crippen LogP contribution in [-0.2, 0) is 14.3 Å². The molecule has 2 aromatic rings. The second kappa shape index (κ2) is 12.7. The van der Waals surface area contributed by atoms with Crippen LogP contribution in [0.5, 0.6) is 0 Å². The zero-order chi connectivity index (χ0) is 24.5. The number of ether oxygens (including phenoxy) is 1. The number of likely N-dealkylation sites (tertiary alicyclic amines) is 1. The second-order valence-electron chi connectivity index (χ2n) is 9.55. The molecule has 1 unspecified atom stereocenters. The number of hydrogen-bond acceptors (Lipinski definition) is 4. The predicted octanol–water partition coefficient (Wildman–Crippen LogP) is 4.63. The highest BCUT2D eigenvalue weighted by Crippen LogP contribution is 2.29. The summed E-state index contributed by atoms with van der Waals surface area (Å²) >= 11 is 0. The van der Waals surface area contributed by atoms with Gasteiger partial charge in [-0.2, -0.15) is 0 Å². The first-order chi connectivity index (χ1) is 16.3. The molecule has 0 spiro atoms. The minimum Gasteiger partial charge on any atom is -0.379 e. The number of benzene rings is 2. The topological polar surface area (TPSA) is 70.7 Å². The number of anilines is 1. The maximum absolute atomic E-state index is 13.5. The quantitative estimate of drug-likeness (QED) is 0.502. The Balaban J connectivity index is 1.60. The van der Waals surface area contributed by atoms with Crippen LogP contribution in [0.25, 0.3) is 0 Å². The first-order valence-electron chi connectivity index (χ1n) is 12.4. The third kappa shape index (κ3) is 7.67. The van der Waals surface area contributed by atoms with Gasteiger partial charge in [0.15, 0.2) is 0 Å². The number of piperidine rings is 1. The molecular formula is C28H39N3O3. The maximum atomic E-state index is 13.5. The fourth-order valence-electron chi connectivity index (χ4n) is 4.59. The minimum atomic E-state index is -0.390. The van der Waals surface area contributed by atoms with E-state index in [9.17, 15) is 9.59 Å². The van der Waals surface area contributed by atoms with Crippen molar-refractivity contribution in [2.45, 2.75) is 59.1 Å². The van der Waals surface area contributed by atoms with Crippen molar-refractivity contribution in [3.8, 4) is 0 Å². The molecule has 2 aromatic carbocycles. The molecule has 0 aliphatic carbocycles. The monoisotopic (exact) mass is 465 g/mol. The van der Waals surface area contributed by atoms with Crippen LogP contribution >= 0.6 is 0 Å². The lowest BCUT2D eigenvalue weighted by atomic mass is 9.93. The van der Waals surface area contributed by atoms with Crippen molar-refractivity contribution in [2.24, 2.45) is 5.92 Å². The van der Waals surface area contributed by atoms with E-state index in [2.05, 4.69) is 21.6 Å². The van der Waals surface area contributed by atoms with Crippen molar-refractivity contribution in [1.29, 1.82) is 0 Å². The van der Waals surface area contributed by atoms with Gasteiger partial charge in [0.1, 0.15) is 6.04 Å². The molecule has 2 amide bonds. The Hall–Kier alpha value is -2.70. The summed E-state index contributed by atoms with van der Waals surface area (Å²) in [5.41, 5.74) is 4.03. The molecule has 1 saturated heterocycles. The zero-order valence-corrected chi connectivity index (χ0v) is 21.0. The van der Waals surface area contributed by atoms with Gasteiger partial charge in [0.05, 0.1) is 6.10 Å². The number of rotatable bonds is 10. The molecule has 1 aliphatic rings. The molecule has 0 radical (unpaired) electrons. The first kappa shape index (κ1) is 25.9. The van der Waals surface area contributed by atoms with Crippen LogP contribution < -0.4 is 10.6 Å². The van der Waals surface area contributed by atoms with E-state index in [1.54, 1.807) is 0 Å². The predicted molar refractivity (Wildman–Crippen MR) is 137 cm³/mol. The van der Waals surface area contributed by atoms with Crippen molar-refractivity contribution >= 4 is 17.5 Å². The van der Waals surface area contributed by atoms with Crippen LogP contribution in [-0.4, -0.2) is 49.1 Å². The summed E-state index contributed by atoms with van der Waals surface area (Å²) < 4.78 is 5.53. The molecule has 1 aliphatic heterocycles. The molecule has 1 atom stereocenters. The Morgan fingerprint density at radius 3 is 2.29 bits per heavy atom. The molecule has 1 fully saturated rings. The van der Waals surface area contributed by atoms with Gasteiger partial charge in [-0.3, -0.25) is 14.5 Å². The lowest BCUT2D eigenvalue weighted by Gasteiger charge is -2.36. The van der Waals surface area contributed by atoms with Crippen LogP contribution in [0.2, 0.25) is 0 Å². The summed E-state index contributed by atoms with van der Waals surface area (Å²) in [7, 11) is 0. The molecule has 0 bridgehead atoms. The van der Waals surface area contributed by atoms with Crippen LogP contribution in [0.3, 0.4) is 0 Å². The number of amides is 2. The standard InChI is InChI=1S/C28H39N3O3/c1-20(2)34-16-8-13-29-27(32)24-11-14-31(15-12-24)26(23-9-6-5-7-10-23)28(33)30-25-18-21(3)17-22(4)19-25/h5-7,9-10,17-20,24,26H,8,11-16H2,1-4H3,(H,29,32)(H,30,33). The normalized spacial score (nSPS) is 15.8. The van der Waals surface area contributed by atoms with E-state index in [0.29, 0.717) is 26.2 Å². The summed E-state index contributed by atoms with van der Waals surface area (Å²) in [4.78, 5) is 28.3. The molecule has 34 heavy (non-hydrogen) atoms. The zero-order valence-electron chi connectivity index (χ0n) is 21.0. The molecular weight excluding hydrogens is 426 g/mol. The Bertz CT molecular complexity index is 917. The van der Waals surface area contributed by atoms with Gasteiger partial charge in [-0.05, 0) is 88.9 Å². The number of carbonyl (C=O) groups is 2. The van der Waals surface area contributed by atoms with Gasteiger partial charge in [-0.25, -0.2) is 0 Å². The van der Waals surface area contributed by atoms with Crippen molar-refractivity contribution < 1.29 is 14.3 Å². The molecule has 3 rings (SSSR count). The van der Waals surface area contributed by atoms with Gasteiger partial charge in [0, 0.05) is 24.8 Å². The van der Waals surface area contributed by atoms with E-state index in [1.165, 1.54) is 0 Å². The van der Waals surface area contributed by atoms with Crippen molar-refractivity contribution in [2.75, 3.05) is 31.6 Å². The van der Waals surface area contributed by atoms with E-state index < -0.39 is 0 Å². The lowest BCUT2D eigenvalue weighted by molar-refractivity contribution is -0.127. The summed E-state index contributed by atoms with van der Waals surface area (Å²) in [5, 5.41) is 6.18. The molecule has 2 N–H and O–H groups in total. The number of hydrogen-bond donors (Lipinski definition) is 2. The highest BCUT2D eigenvalue weighted by Gasteiger charge is 2.33. The highest BCUT2D eigenvalue weighted by molar-refractivity contribution is 5.95. The number of aryl methyl sites for hydroxylation is 2. The summed E-state index contributed by atoms with van der Waals surface area (Å²) in [6, 6.07) is 15.6. The molecule has 6 nitrogen and oxygen atoms in total. The molecule has 6 heteroatoms. The largest absolute Gasteiger partial charge is 0.379 e. The van der Waals surface area contributed by atoms with Gasteiger partial charge in [0.25, 0.3) is 0 Å². The molecule has 1 heterocycles. The summed E-state index contributed by atoms with van der Waals surface area (Å²) in [5.74, 6) is 0.0607. The minimum absolute atomic E-state index is 0.0128. The van der Waals surface area contributed by atoms with Gasteiger partial charge < -0.3 is 15.4 Å². The first-order valence-corrected chi connectivity index (χ1v) is 12.4. The Morgan fingerprint density at radius 2 is 1.68 bits per heavy atom. The molecule has 0 saturated carbocycles. The average molecular weight is 466 g/mol. The van der Waals surface area contributed by atoms with Crippen molar-refractivity contribution in [3.05, 3.63) is 65.2 Å². The van der Waals surface area contributed by atoms with Gasteiger partial charge in [-0.1, -0.05) is 36.4 Å². The number of carbonyl (C=O) groups excluding carboxylic acids is 2. The van der Waals surface area contributed by atoms with E-state index >= 15 is 0 Å². The SMILES string of the molecule is Cc1cc(C)cc(NC(=O)C(c2ccccc2)N2CCC(C(=O)NCCCOC(C)C)CC2)c1. The van der Waals surface area contributed by atoms with E-state index in [4.69, 9.17) is 4.74 Å². The lowest BCUT2D eigenvalue weighted by Crippen LogP contribution is -2.45. The van der Waals surface area contributed by atoms with E-state index in [-0.39, 0.29) is 29.9 Å². The maximum Gasteiger partial charge on any atom is 0.246 e. The molecule has 184 valence electrons. The van der Waals surface area contributed by atoms with Crippen molar-refractivity contribution in [3.63, 3.8) is 0 Å². The van der Waals surface area contributed by atoms with Gasteiger partial charge >= 0.3 is 0 Å².